The van der Waals surface area contributed by atoms with Crippen LogP contribution in [0.4, 0.5) is 0 Å². The second kappa shape index (κ2) is 6.24. The highest BCUT2D eigenvalue weighted by molar-refractivity contribution is 8.68. The Bertz CT molecular complexity index is 253. The van der Waals surface area contributed by atoms with E-state index in [0.29, 0.717) is 6.61 Å². The highest BCUT2D eigenvalue weighted by Crippen LogP contribution is 2.62. The van der Waals surface area contributed by atoms with Crippen molar-refractivity contribution < 1.29 is 9.32 Å². The van der Waals surface area contributed by atoms with Crippen LogP contribution >= 0.6 is 17.0 Å². The Morgan fingerprint density at radius 1 is 1.53 bits per heavy atom. The fourth-order valence-electron chi connectivity index (χ4n) is 0.716. The topological polar surface area (TPSA) is 29.5 Å². The summed E-state index contributed by atoms with van der Waals surface area (Å²) in [7, 11) is 1.69. The van der Waals surface area contributed by atoms with Gasteiger partial charge in [-0.1, -0.05) is 32.2 Å². The van der Waals surface area contributed by atoms with Gasteiger partial charge in [-0.25, -0.2) is 0 Å². The van der Waals surface area contributed by atoms with E-state index in [1.54, 1.807) is 18.4 Å². The number of amides is 1. The van der Waals surface area contributed by atoms with E-state index in [1.807, 2.05) is 6.92 Å². The molecular weight excluding hydrogens is 249 g/mol. The first-order valence-electron chi connectivity index (χ1n) is 4.83. The van der Waals surface area contributed by atoms with Crippen LogP contribution in [0.3, 0.4) is 0 Å². The molecule has 3 nitrogen and oxygen atoms in total. The standard InChI is InChI=1S/C9H20NO2PS2/c1-6-12-13(14,10(5)8-11)15-7-9(2,3)4/h8H,6-7H2,1-5H3. The van der Waals surface area contributed by atoms with Crippen LogP contribution in [-0.4, -0.2) is 30.5 Å². The fourth-order valence-corrected chi connectivity index (χ4v) is 5.91. The molecule has 0 aromatic carbocycles. The highest BCUT2D eigenvalue weighted by Gasteiger charge is 2.25. The van der Waals surface area contributed by atoms with Crippen LogP contribution in [0.25, 0.3) is 0 Å². The molecule has 0 aromatic rings. The number of carbonyl (C=O) groups is 1. The lowest BCUT2D eigenvalue weighted by molar-refractivity contribution is -0.113. The van der Waals surface area contributed by atoms with E-state index in [1.165, 1.54) is 4.67 Å². The molecule has 0 saturated heterocycles. The first-order valence-corrected chi connectivity index (χ1v) is 9.09. The summed E-state index contributed by atoms with van der Waals surface area (Å²) >= 11 is 7.02. The summed E-state index contributed by atoms with van der Waals surface area (Å²) in [4.78, 5) is 10.7. The molecule has 1 unspecified atom stereocenters. The summed E-state index contributed by atoms with van der Waals surface area (Å²) in [6.45, 7) is 8.88. The highest BCUT2D eigenvalue weighted by atomic mass is 32.9. The Labute approximate surface area is 102 Å². The SMILES string of the molecule is CCOP(=S)(SCC(C)(C)C)N(C)C=O. The lowest BCUT2D eigenvalue weighted by Gasteiger charge is -2.29. The third-order valence-corrected chi connectivity index (χ3v) is 8.76. The van der Waals surface area contributed by atoms with Crippen molar-refractivity contribution in [1.29, 1.82) is 0 Å². The number of hydrogen-bond donors (Lipinski definition) is 0. The molecule has 0 fully saturated rings. The molecule has 6 heteroatoms. The van der Waals surface area contributed by atoms with Gasteiger partial charge in [0.2, 0.25) is 12.0 Å². The predicted octanol–water partition coefficient (Wildman–Crippen LogP) is 3.11. The Kier molecular flexibility index (Phi) is 6.41. The van der Waals surface area contributed by atoms with Crippen LogP contribution in [0, 0.1) is 5.41 Å². The van der Waals surface area contributed by atoms with Crippen molar-refractivity contribution in [3.63, 3.8) is 0 Å². The van der Waals surface area contributed by atoms with Gasteiger partial charge in [0.15, 0.2) is 0 Å². The van der Waals surface area contributed by atoms with E-state index < -0.39 is 5.62 Å². The van der Waals surface area contributed by atoms with Crippen LogP contribution in [0.5, 0.6) is 0 Å². The van der Waals surface area contributed by atoms with Gasteiger partial charge >= 0.3 is 0 Å². The van der Waals surface area contributed by atoms with Gasteiger partial charge in [-0.05, 0) is 24.1 Å². The first-order chi connectivity index (χ1) is 6.75. The van der Waals surface area contributed by atoms with Crippen LogP contribution in [0.2, 0.25) is 0 Å². The number of hydrogen-bond acceptors (Lipinski definition) is 4. The van der Waals surface area contributed by atoms with Crippen LogP contribution < -0.4 is 0 Å². The molecule has 1 amide bonds. The van der Waals surface area contributed by atoms with Gasteiger partial charge in [-0.15, -0.1) is 0 Å². The molecular formula is C9H20NO2PS2. The molecule has 0 heterocycles. The van der Waals surface area contributed by atoms with Gasteiger partial charge in [-0.2, -0.15) is 0 Å². The largest absolute Gasteiger partial charge is 0.327 e. The average molecular weight is 269 g/mol. The van der Waals surface area contributed by atoms with E-state index in [-0.39, 0.29) is 5.41 Å². The summed E-state index contributed by atoms with van der Waals surface area (Å²) in [6.07, 6.45) is 0.756. The van der Waals surface area contributed by atoms with E-state index >= 15 is 0 Å². The zero-order valence-electron chi connectivity index (χ0n) is 10.0. The molecule has 0 aromatic heterocycles. The molecule has 0 radical (unpaired) electrons. The van der Waals surface area contributed by atoms with Crippen molar-refractivity contribution in [3.8, 4) is 0 Å². The molecule has 0 spiro atoms. The zero-order valence-corrected chi connectivity index (χ0v) is 12.5. The van der Waals surface area contributed by atoms with Crippen LogP contribution in [0.15, 0.2) is 0 Å². The van der Waals surface area contributed by atoms with Gasteiger partial charge in [-0.3, -0.25) is 9.46 Å². The summed E-state index contributed by atoms with van der Waals surface area (Å²) in [5, 5.41) is 0. The Hall–Kier alpha value is 0.430. The molecule has 0 rings (SSSR count). The van der Waals surface area contributed by atoms with Crippen molar-refractivity contribution in [1.82, 2.24) is 4.67 Å². The molecule has 0 bridgehead atoms. The van der Waals surface area contributed by atoms with Gasteiger partial charge in [0.25, 0.3) is 0 Å². The number of nitrogens with zero attached hydrogens (tertiary/aromatic N) is 1. The van der Waals surface area contributed by atoms with Crippen LogP contribution in [0.1, 0.15) is 27.7 Å². The van der Waals surface area contributed by atoms with Gasteiger partial charge in [0.05, 0.1) is 6.61 Å². The predicted molar refractivity (Wildman–Crippen MR) is 71.7 cm³/mol. The third-order valence-electron chi connectivity index (χ3n) is 1.49. The molecule has 0 aliphatic heterocycles. The molecule has 0 N–H and O–H groups in total. The second-order valence-electron chi connectivity index (χ2n) is 4.40. The van der Waals surface area contributed by atoms with E-state index in [9.17, 15) is 4.79 Å². The minimum absolute atomic E-state index is 0.190. The summed E-state index contributed by atoms with van der Waals surface area (Å²) in [5.41, 5.74) is -2.00. The molecule has 1 atom stereocenters. The Morgan fingerprint density at radius 2 is 2.07 bits per heavy atom. The van der Waals surface area contributed by atoms with Gasteiger partial charge in [0, 0.05) is 12.8 Å². The summed E-state index contributed by atoms with van der Waals surface area (Å²) in [6, 6.07) is 0. The van der Waals surface area contributed by atoms with Crippen molar-refractivity contribution in [2.45, 2.75) is 27.7 Å². The normalized spacial score (nSPS) is 15.8. The van der Waals surface area contributed by atoms with E-state index in [0.717, 1.165) is 12.2 Å². The molecule has 0 saturated carbocycles. The summed E-state index contributed by atoms with van der Waals surface area (Å²) < 4.78 is 7.06. The zero-order chi connectivity index (χ0) is 12.1. The maximum absolute atomic E-state index is 10.7. The number of rotatable bonds is 6. The maximum Gasteiger partial charge on any atom is 0.215 e. The Balaban J connectivity index is 4.52. The summed E-state index contributed by atoms with van der Waals surface area (Å²) in [5.74, 6) is 0.891. The monoisotopic (exact) mass is 269 g/mol. The van der Waals surface area contributed by atoms with Crippen molar-refractivity contribution in [2.24, 2.45) is 5.41 Å². The lowest BCUT2D eigenvalue weighted by atomic mass is 10.0. The molecule has 15 heavy (non-hydrogen) atoms. The smallest absolute Gasteiger partial charge is 0.215 e. The quantitative estimate of drug-likeness (QED) is 0.547. The van der Waals surface area contributed by atoms with Crippen molar-refractivity contribution in [2.75, 3.05) is 19.4 Å². The Morgan fingerprint density at radius 3 is 2.40 bits per heavy atom. The van der Waals surface area contributed by atoms with Crippen LogP contribution in [-0.2, 0) is 21.1 Å². The van der Waals surface area contributed by atoms with Crippen molar-refractivity contribution >= 4 is 35.2 Å². The maximum atomic E-state index is 10.7. The van der Waals surface area contributed by atoms with E-state index in [4.69, 9.17) is 16.3 Å². The first kappa shape index (κ1) is 15.4. The minimum atomic E-state index is -2.19. The lowest BCUT2D eigenvalue weighted by Crippen LogP contribution is -2.15. The molecule has 0 aliphatic carbocycles. The molecule has 0 aliphatic rings. The van der Waals surface area contributed by atoms with Gasteiger partial charge < -0.3 is 4.52 Å². The minimum Gasteiger partial charge on any atom is -0.327 e. The second-order valence-corrected chi connectivity index (χ2v) is 11.2. The van der Waals surface area contributed by atoms with E-state index in [2.05, 4.69) is 20.8 Å². The third kappa shape index (κ3) is 5.91. The molecule has 90 valence electrons. The average Bonchev–Trinajstić information content (AvgIpc) is 2.13. The fraction of sp³-hybridized carbons (Fsp3) is 0.889. The van der Waals surface area contributed by atoms with Gasteiger partial charge in [0.1, 0.15) is 0 Å². The van der Waals surface area contributed by atoms with Crippen molar-refractivity contribution in [3.05, 3.63) is 0 Å². The number of carbonyl (C=O) groups excluding carboxylic acids is 1.